The fourth-order valence-corrected chi connectivity index (χ4v) is 19.1. The van der Waals surface area contributed by atoms with Gasteiger partial charge in [-0.05, 0) is 244 Å². The molecule has 2 unspecified atom stereocenters. The lowest BCUT2D eigenvalue weighted by molar-refractivity contribution is -0.138. The zero-order valence-electron chi connectivity index (χ0n) is 86.5. The normalized spacial score (nSPS) is 23.0. The maximum absolute atomic E-state index is 12.1. The number of nitrogens with zero attached hydrogens (tertiary/aromatic N) is 16. The van der Waals surface area contributed by atoms with E-state index < -0.39 is 36.1 Å². The summed E-state index contributed by atoms with van der Waals surface area (Å²) in [5, 5.41) is 45.5. The first-order valence-electron chi connectivity index (χ1n) is 49.3. The number of carbonyl (C=O) groups is 1. The first-order valence-corrected chi connectivity index (χ1v) is 54.1. The molecular weight excluding hydrogens is 1680 g/mol. The topological polar surface area (TPSA) is 291 Å². The fraction of sp³-hybridized carbons (Fsp3) is 0.989. The third kappa shape index (κ3) is 54.2. The lowest BCUT2D eigenvalue weighted by Crippen LogP contribution is -2.53. The van der Waals surface area contributed by atoms with E-state index in [0.717, 1.165) is 168 Å². The van der Waals surface area contributed by atoms with Crippen LogP contribution in [0.5, 0.6) is 0 Å². The Labute approximate surface area is 779 Å². The number of rotatable bonds is 19. The van der Waals surface area contributed by atoms with Crippen LogP contribution in [0.4, 0.5) is 4.39 Å². The summed E-state index contributed by atoms with van der Waals surface area (Å²) in [5.41, 5.74) is 0. The highest BCUT2D eigenvalue weighted by Gasteiger charge is 2.35. The van der Waals surface area contributed by atoms with E-state index in [0.29, 0.717) is 99.8 Å². The molecule has 12 aliphatic rings. The van der Waals surface area contributed by atoms with Crippen LogP contribution < -0.4 is 0 Å². The van der Waals surface area contributed by atoms with Gasteiger partial charge in [0.25, 0.3) is 0 Å². The molecule has 2 atom stereocenters. The molecule has 34 heteroatoms. The minimum atomic E-state index is -2.98. The van der Waals surface area contributed by atoms with Crippen LogP contribution in [0, 0.1) is 5.92 Å². The molecule has 12 heterocycles. The van der Waals surface area contributed by atoms with Crippen LogP contribution in [0.25, 0.3) is 0 Å². The van der Waals surface area contributed by atoms with E-state index in [-0.39, 0.29) is 53.7 Å². The fourth-order valence-electron chi connectivity index (χ4n) is 15.6. The number of hydrogen-bond acceptors (Lipinski definition) is 27. The second-order valence-corrected chi connectivity index (χ2v) is 47.2. The summed E-state index contributed by atoms with van der Waals surface area (Å²) in [6.07, 6.45) is 8.89. The van der Waals surface area contributed by atoms with Gasteiger partial charge in [-0.15, -0.1) is 0 Å². The van der Waals surface area contributed by atoms with Crippen LogP contribution in [-0.4, -0.2) is 498 Å². The predicted octanol–water partition coefficient (Wildman–Crippen LogP) is 7.82. The number of likely N-dealkylation sites (tertiary alicyclic amines) is 5. The van der Waals surface area contributed by atoms with Gasteiger partial charge in [0.1, 0.15) is 6.17 Å². The molecule has 0 aromatic rings. The molecule has 30 nitrogen and oxygen atoms in total. The van der Waals surface area contributed by atoms with Gasteiger partial charge in [-0.2, -0.15) is 5.06 Å². The van der Waals surface area contributed by atoms with Gasteiger partial charge >= 0.3 is 0 Å². The Hall–Kier alpha value is -1.63. The summed E-state index contributed by atoms with van der Waals surface area (Å²) in [6, 6.07) is 6.83. The van der Waals surface area contributed by atoms with E-state index in [1.54, 1.807) is 32.0 Å². The molecule has 0 aromatic heterocycles. The number of alkyl halides is 1. The number of likely N-dealkylation sites (N-methyl/N-ethyl adjacent to an activating group) is 1. The Morgan fingerprint density at radius 1 is 0.409 bits per heavy atom. The molecule has 127 heavy (non-hydrogen) atoms. The second kappa shape index (κ2) is 68.4. The summed E-state index contributed by atoms with van der Waals surface area (Å²) < 4.78 is 92.4. The number of hydrogen-bond donors (Lipinski definition) is 5. The van der Waals surface area contributed by atoms with Crippen molar-refractivity contribution < 1.29 is 69.5 Å². The summed E-state index contributed by atoms with van der Waals surface area (Å²) in [5.74, 6) is 1.04. The number of halogens is 1. The average molecular weight is 1880 g/mol. The van der Waals surface area contributed by atoms with Crippen LogP contribution in [0.2, 0.25) is 0 Å². The molecule has 12 rings (SSSR count). The summed E-state index contributed by atoms with van der Waals surface area (Å²) in [6.45, 7) is 87.2. The molecule has 0 saturated carbocycles. The van der Waals surface area contributed by atoms with E-state index in [1.165, 1.54) is 102 Å². The van der Waals surface area contributed by atoms with Crippen molar-refractivity contribution in [3.05, 3.63) is 0 Å². The number of morpholine rings is 2. The Kier molecular flexibility index (Phi) is 67.5. The Balaban J connectivity index is 0.00000136. The lowest BCUT2D eigenvalue weighted by atomic mass is 10.1. The van der Waals surface area contributed by atoms with Gasteiger partial charge in [-0.3, -0.25) is 48.9 Å². The minimum Gasteiger partial charge on any atom is -0.395 e. The van der Waals surface area contributed by atoms with Crippen molar-refractivity contribution in [1.29, 1.82) is 0 Å². The van der Waals surface area contributed by atoms with Gasteiger partial charge in [0.2, 0.25) is 26.0 Å². The Morgan fingerprint density at radius 3 is 1.01 bits per heavy atom. The van der Waals surface area contributed by atoms with Crippen molar-refractivity contribution in [3.8, 4) is 0 Å². The molecule has 12 saturated heterocycles. The van der Waals surface area contributed by atoms with E-state index >= 15 is 0 Å². The quantitative estimate of drug-likeness (QED) is 0.0823. The number of aliphatic hydroxyl groups excluding tert-OH is 4. The number of β-amino-alcohol motifs (C(OH)–C–C–N with tert-alkyl or cyclic N) is 2. The molecule has 0 aromatic carbocycles. The van der Waals surface area contributed by atoms with Crippen LogP contribution in [0.1, 0.15) is 231 Å². The van der Waals surface area contributed by atoms with E-state index in [4.69, 9.17) is 35.1 Å². The monoisotopic (exact) mass is 1880 g/mol. The number of carbonyl (C=O) groups excluding carboxylic acids is 1. The number of sulfonamides is 2. The summed E-state index contributed by atoms with van der Waals surface area (Å²) in [4.78, 5) is 41.5. The van der Waals surface area contributed by atoms with E-state index in [1.807, 2.05) is 18.7 Å². The zero-order chi connectivity index (χ0) is 97.1. The smallest absolute Gasteiger partial charge is 0.225 e. The Morgan fingerprint density at radius 2 is 0.740 bits per heavy atom. The van der Waals surface area contributed by atoms with Gasteiger partial charge in [0, 0.05) is 256 Å². The number of piperidine rings is 1. The van der Waals surface area contributed by atoms with E-state index in [2.05, 4.69) is 204 Å². The summed E-state index contributed by atoms with van der Waals surface area (Å²) in [7, 11) is -3.37. The first kappa shape index (κ1) is 125. The zero-order valence-corrected chi connectivity index (χ0v) is 89.0. The van der Waals surface area contributed by atoms with Gasteiger partial charge in [0.15, 0.2) is 9.84 Å². The molecule has 762 valence electrons. The second-order valence-electron chi connectivity index (χ2n) is 39.7. The highest BCUT2D eigenvalue weighted by molar-refractivity contribution is 7.91. The lowest BCUT2D eigenvalue weighted by Gasteiger charge is -2.38. The molecule has 0 spiro atoms. The Bertz CT molecular complexity index is 2920. The number of hydroxylamine groups is 2. The van der Waals surface area contributed by atoms with Gasteiger partial charge in [0.05, 0.1) is 74.4 Å². The molecule has 12 aliphatic heterocycles. The first-order chi connectivity index (χ1) is 59.3. The van der Waals surface area contributed by atoms with Gasteiger partial charge in [-0.1, -0.05) is 20.3 Å². The number of piperazine rings is 3. The largest absolute Gasteiger partial charge is 0.395 e. The van der Waals surface area contributed by atoms with Gasteiger partial charge < -0.3 is 54.7 Å². The highest BCUT2D eigenvalue weighted by atomic mass is 32.2. The molecule has 0 bridgehead atoms. The van der Waals surface area contributed by atoms with Gasteiger partial charge in [-0.25, -0.2) is 38.3 Å². The van der Waals surface area contributed by atoms with Crippen molar-refractivity contribution in [2.24, 2.45) is 5.92 Å². The average Bonchev–Trinajstić information content (AvgIpc) is 1.81. The SMILES string of the molecule is CC(C)C(=O)N1CCOCC1.CC(C)N1C(CO)CCC1CO.CC(C)N1CC(F)C1.CC(C)N1CC(O)C1.CC(C)N1CCC1.CC(C)N1CCCC1.CC(C)N1CCN(C)CC1.CC(C)N1CCN(CCO)CC1.CC(C)N1CCN(O)CC1.CC(C)N1CCOCC1.CC(C)N1CCS(=O)(=O)CC1.CC(C)S(=O)(=O)N(C)C.CC(C)S(=O)(=O)N1CCCCC1. The highest BCUT2D eigenvalue weighted by Crippen LogP contribution is 2.26. The number of ether oxygens (including phenoxy) is 2. The predicted molar refractivity (Wildman–Crippen MR) is 526 cm³/mol. The molecular formula is C93H201FN16O14S3. The van der Waals surface area contributed by atoms with Crippen LogP contribution in [-0.2, 0) is 44.2 Å². The number of sulfone groups is 1. The molecule has 0 aliphatic carbocycles. The number of amides is 1. The minimum absolute atomic E-state index is 0.0441. The molecule has 0 radical (unpaired) electrons. The molecule has 5 N–H and O–H groups in total. The summed E-state index contributed by atoms with van der Waals surface area (Å²) >= 11 is 0. The maximum Gasteiger partial charge on any atom is 0.225 e. The van der Waals surface area contributed by atoms with Crippen molar-refractivity contribution in [2.45, 2.75) is 327 Å². The van der Waals surface area contributed by atoms with Crippen molar-refractivity contribution in [3.63, 3.8) is 0 Å². The maximum atomic E-state index is 12.1. The van der Waals surface area contributed by atoms with Crippen molar-refractivity contribution in [2.75, 3.05) is 269 Å². The van der Waals surface area contributed by atoms with Crippen molar-refractivity contribution >= 4 is 35.8 Å². The molecule has 12 fully saturated rings. The van der Waals surface area contributed by atoms with Crippen LogP contribution in [0.15, 0.2) is 0 Å². The van der Waals surface area contributed by atoms with E-state index in [9.17, 15) is 34.4 Å². The third-order valence-corrected chi connectivity index (χ3v) is 31.4. The number of aliphatic hydroxyl groups is 4. The van der Waals surface area contributed by atoms with Crippen LogP contribution >= 0.6 is 0 Å². The van der Waals surface area contributed by atoms with Crippen molar-refractivity contribution in [1.82, 2.24) is 77.4 Å². The third-order valence-electron chi connectivity index (χ3n) is 25.3. The standard InChI is InChI=1S/C9H20N2O.C9H19NO2.C8H18N2.C8H17NO2S.C8H15NO2.C7H16N2O.C7H15NO2S.C7H15NO.C7H15N.C6H12FN.C6H13NO.C6H13N.C5H13NO2S/c1-9(2)11-5-3-10(4-6-11)7-8-12;1-7(2)10-8(5-11)3-4-9(10)6-12;1-8(2)10-6-4-9(3)5-7-10;1-8(2)12(10,11)9-6-4-3-5-7-9;1-7(2)8(10)9-3-5-11-6-4-9;1-7(2)8-3-5-9(10)6-4-8;1-7(2)8-3-5-11(9,10)6-4-8;1-7(2)8-3-5-9-6-4-8;1-7(2)8-5-3-4-6-8;1-5(2)8-3-6(7)4-8;1-5(2)7-3-6(8)4-7;1-6(2)7-4-3-5-7;1-5(2)9(7,8)6(3)4/h9,12H,3-8H2,1-2H3;7-9,11-12H,3-6H2,1-2H3;8H,4-7H2,1-3H3;8H,3-7H2,1-2H3;7H,3-6H2,1-2H3;7,10H,3-6H2,1-2H3;7H,3-6H2,1-2H3;7H,3-6H2,1-2H3;7H,3-6H2,1-2H3;5-6H,3-4H2,1-2H3;5-6,8H,3-4H2,1-2H3;6H,3-5H2,1-2H3;5H,1-4H3. The van der Waals surface area contributed by atoms with Crippen LogP contribution in [0.3, 0.4) is 0 Å². The molecule has 1 amide bonds.